The van der Waals surface area contributed by atoms with E-state index in [1.165, 1.54) is 32.9 Å². The van der Waals surface area contributed by atoms with Crippen molar-refractivity contribution in [3.05, 3.63) is 48.5 Å². The van der Waals surface area contributed by atoms with Gasteiger partial charge in [0.05, 0.1) is 17.3 Å². The average molecular weight is 489 g/mol. The number of aromatic nitrogens is 4. The van der Waals surface area contributed by atoms with Crippen LogP contribution in [0.5, 0.6) is 5.75 Å². The molecule has 1 fully saturated rings. The van der Waals surface area contributed by atoms with Crippen LogP contribution in [0.4, 0.5) is 5.69 Å². The molecule has 2 heterocycles. The summed E-state index contributed by atoms with van der Waals surface area (Å²) in [6.45, 7) is 2.83. The Kier molecular flexibility index (Phi) is 6.96. The van der Waals surface area contributed by atoms with Gasteiger partial charge in [0, 0.05) is 18.8 Å². The summed E-state index contributed by atoms with van der Waals surface area (Å²) < 4.78 is 33.7. The van der Waals surface area contributed by atoms with Crippen molar-refractivity contribution < 1.29 is 17.9 Å². The predicted octanol–water partition coefficient (Wildman–Crippen LogP) is 2.57. The highest BCUT2D eigenvalue weighted by Gasteiger charge is 2.27. The topological polar surface area (TPSA) is 119 Å². The van der Waals surface area contributed by atoms with Crippen LogP contribution in [0, 0.1) is 0 Å². The number of rotatable bonds is 8. The first-order valence-corrected chi connectivity index (χ1v) is 12.7. The molecule has 10 nitrogen and oxygen atoms in total. The number of tetrazole rings is 1. The van der Waals surface area contributed by atoms with Crippen LogP contribution in [0.15, 0.2) is 58.6 Å². The third kappa shape index (κ3) is 5.02. The summed E-state index contributed by atoms with van der Waals surface area (Å²) in [5, 5.41) is 14.5. The van der Waals surface area contributed by atoms with E-state index in [0.29, 0.717) is 35.4 Å². The van der Waals surface area contributed by atoms with Gasteiger partial charge in [0.1, 0.15) is 11.4 Å². The molecule has 0 bridgehead atoms. The van der Waals surface area contributed by atoms with E-state index in [1.807, 2.05) is 18.2 Å². The lowest BCUT2D eigenvalue weighted by Gasteiger charge is -2.16. The van der Waals surface area contributed by atoms with E-state index >= 15 is 0 Å². The molecule has 1 N–H and O–H groups in total. The molecule has 1 amide bonds. The standard InChI is InChI=1S/C21H24N6O4S2/c1-15(32-21-23-24-25-27(21)18-7-3-4-8-19(18)31-2)20(28)22-16-9-11-17(12-10-16)33(29,30)26-13-5-6-14-26/h3-4,7-12,15H,5-6,13-14H2,1-2H3,(H,22,28). The number of carbonyl (C=O) groups excluding carboxylic acids is 1. The minimum absolute atomic E-state index is 0.223. The number of hydrogen-bond donors (Lipinski definition) is 1. The number of para-hydroxylation sites is 2. The molecule has 1 unspecified atom stereocenters. The second kappa shape index (κ2) is 9.89. The van der Waals surface area contributed by atoms with Crippen LogP contribution in [-0.4, -0.2) is 64.3 Å². The fourth-order valence-corrected chi connectivity index (χ4v) is 5.77. The summed E-state index contributed by atoms with van der Waals surface area (Å²) in [6, 6.07) is 13.5. The van der Waals surface area contributed by atoms with Crippen molar-refractivity contribution in [2.45, 2.75) is 35.1 Å². The lowest BCUT2D eigenvalue weighted by molar-refractivity contribution is -0.115. The fourth-order valence-electron chi connectivity index (χ4n) is 3.45. The van der Waals surface area contributed by atoms with E-state index < -0.39 is 15.3 Å². The summed E-state index contributed by atoms with van der Waals surface area (Å²) in [4.78, 5) is 13.0. The Balaban J connectivity index is 1.42. The lowest BCUT2D eigenvalue weighted by Crippen LogP contribution is -2.27. The van der Waals surface area contributed by atoms with Crippen molar-refractivity contribution in [1.82, 2.24) is 24.5 Å². The van der Waals surface area contributed by atoms with E-state index in [0.717, 1.165) is 12.8 Å². The first kappa shape index (κ1) is 23.2. The molecule has 2 aromatic carbocycles. The van der Waals surface area contributed by atoms with E-state index in [-0.39, 0.29) is 10.8 Å². The quantitative estimate of drug-likeness (QED) is 0.481. The zero-order chi connectivity index (χ0) is 23.4. The van der Waals surface area contributed by atoms with Gasteiger partial charge in [-0.2, -0.15) is 8.99 Å². The third-order valence-electron chi connectivity index (χ3n) is 5.23. The van der Waals surface area contributed by atoms with Gasteiger partial charge in [0.2, 0.25) is 21.1 Å². The van der Waals surface area contributed by atoms with Crippen molar-refractivity contribution in [1.29, 1.82) is 0 Å². The Morgan fingerprint density at radius 3 is 2.52 bits per heavy atom. The molecule has 4 rings (SSSR count). The first-order chi connectivity index (χ1) is 15.9. The number of benzene rings is 2. The Bertz CT molecular complexity index is 1220. The molecular formula is C21H24N6O4S2. The molecule has 1 aromatic heterocycles. The largest absolute Gasteiger partial charge is 0.494 e. The number of carbonyl (C=O) groups is 1. The molecule has 0 spiro atoms. The zero-order valence-corrected chi connectivity index (χ0v) is 19.8. The minimum Gasteiger partial charge on any atom is -0.494 e. The molecule has 0 aliphatic carbocycles. The van der Waals surface area contributed by atoms with E-state index in [1.54, 1.807) is 32.2 Å². The van der Waals surface area contributed by atoms with Crippen LogP contribution in [0.3, 0.4) is 0 Å². The molecule has 33 heavy (non-hydrogen) atoms. The fraction of sp³-hybridized carbons (Fsp3) is 0.333. The Morgan fingerprint density at radius 2 is 1.82 bits per heavy atom. The monoisotopic (exact) mass is 488 g/mol. The van der Waals surface area contributed by atoms with Gasteiger partial charge in [-0.3, -0.25) is 4.79 Å². The number of thioether (sulfide) groups is 1. The molecule has 1 atom stereocenters. The lowest BCUT2D eigenvalue weighted by atomic mass is 10.3. The number of anilines is 1. The Hall–Kier alpha value is -2.96. The van der Waals surface area contributed by atoms with Crippen LogP contribution in [0.25, 0.3) is 5.69 Å². The number of nitrogens with one attached hydrogen (secondary N) is 1. The van der Waals surface area contributed by atoms with E-state index in [9.17, 15) is 13.2 Å². The maximum atomic E-state index is 12.7. The van der Waals surface area contributed by atoms with Crippen molar-refractivity contribution in [2.75, 3.05) is 25.5 Å². The van der Waals surface area contributed by atoms with Crippen molar-refractivity contribution in [3.8, 4) is 11.4 Å². The average Bonchev–Trinajstić information content (AvgIpc) is 3.52. The normalized spacial score (nSPS) is 15.3. The van der Waals surface area contributed by atoms with Crippen LogP contribution in [-0.2, 0) is 14.8 Å². The van der Waals surface area contributed by atoms with Crippen molar-refractivity contribution in [3.63, 3.8) is 0 Å². The van der Waals surface area contributed by atoms with Gasteiger partial charge < -0.3 is 10.1 Å². The van der Waals surface area contributed by atoms with Crippen LogP contribution in [0.2, 0.25) is 0 Å². The molecule has 1 saturated heterocycles. The first-order valence-electron chi connectivity index (χ1n) is 10.4. The van der Waals surface area contributed by atoms with Gasteiger partial charge in [0.25, 0.3) is 0 Å². The molecular weight excluding hydrogens is 464 g/mol. The summed E-state index contributed by atoms with van der Waals surface area (Å²) in [6.07, 6.45) is 1.76. The SMILES string of the molecule is COc1ccccc1-n1nnnc1SC(C)C(=O)Nc1ccc(S(=O)(=O)N2CCCC2)cc1. The van der Waals surface area contributed by atoms with Gasteiger partial charge in [-0.15, -0.1) is 5.10 Å². The molecule has 3 aromatic rings. The van der Waals surface area contributed by atoms with Crippen LogP contribution in [0.1, 0.15) is 19.8 Å². The number of amides is 1. The van der Waals surface area contributed by atoms with Gasteiger partial charge in [-0.1, -0.05) is 23.9 Å². The third-order valence-corrected chi connectivity index (χ3v) is 8.18. The molecule has 1 aliphatic heterocycles. The zero-order valence-electron chi connectivity index (χ0n) is 18.2. The van der Waals surface area contributed by atoms with Gasteiger partial charge in [-0.25, -0.2) is 8.42 Å². The molecule has 0 radical (unpaired) electrons. The van der Waals surface area contributed by atoms with Crippen molar-refractivity contribution in [2.24, 2.45) is 0 Å². The molecule has 174 valence electrons. The number of hydrogen-bond acceptors (Lipinski definition) is 8. The number of nitrogens with zero attached hydrogens (tertiary/aromatic N) is 5. The number of ether oxygens (including phenoxy) is 1. The second-order valence-electron chi connectivity index (χ2n) is 7.43. The smallest absolute Gasteiger partial charge is 0.243 e. The highest BCUT2D eigenvalue weighted by Crippen LogP contribution is 2.28. The van der Waals surface area contributed by atoms with Crippen LogP contribution < -0.4 is 10.1 Å². The number of methoxy groups -OCH3 is 1. The van der Waals surface area contributed by atoms with Gasteiger partial charge in [0.15, 0.2) is 0 Å². The molecule has 1 aliphatic rings. The second-order valence-corrected chi connectivity index (χ2v) is 10.7. The highest BCUT2D eigenvalue weighted by atomic mass is 32.2. The van der Waals surface area contributed by atoms with E-state index in [2.05, 4.69) is 20.8 Å². The highest BCUT2D eigenvalue weighted by molar-refractivity contribution is 8.00. The minimum atomic E-state index is -3.49. The van der Waals surface area contributed by atoms with Gasteiger partial charge in [-0.05, 0) is 66.6 Å². The summed E-state index contributed by atoms with van der Waals surface area (Å²) in [5.41, 5.74) is 1.17. The summed E-state index contributed by atoms with van der Waals surface area (Å²) in [5.74, 6) is 0.345. The summed E-state index contributed by atoms with van der Waals surface area (Å²) >= 11 is 1.20. The van der Waals surface area contributed by atoms with Crippen molar-refractivity contribution >= 4 is 33.4 Å². The Morgan fingerprint density at radius 1 is 1.12 bits per heavy atom. The maximum Gasteiger partial charge on any atom is 0.243 e. The molecule has 12 heteroatoms. The van der Waals surface area contributed by atoms with Gasteiger partial charge >= 0.3 is 0 Å². The molecule has 0 saturated carbocycles. The van der Waals surface area contributed by atoms with E-state index in [4.69, 9.17) is 4.74 Å². The predicted molar refractivity (Wildman–Crippen MR) is 124 cm³/mol. The maximum absolute atomic E-state index is 12.7. The Labute approximate surface area is 196 Å². The number of sulfonamides is 1. The summed E-state index contributed by atoms with van der Waals surface area (Å²) in [7, 11) is -1.93. The van der Waals surface area contributed by atoms with Crippen LogP contribution >= 0.6 is 11.8 Å².